The van der Waals surface area contributed by atoms with Gasteiger partial charge in [-0.2, -0.15) is 0 Å². The quantitative estimate of drug-likeness (QED) is 0.577. The average molecular weight is 442 g/mol. The molecular formula is C22H20ClN3O3S. The standard InChI is InChI=1S/C22H20ClN3O3S/c23-16-5-3-4-15(12-16)21-25-18(13-30-21)22(29)26-10-8-14(9-11-26)20(28)24-17-6-1-2-7-19(17)27/h1-7,12-14,27H,8-11H2,(H,24,28). The molecule has 0 saturated carbocycles. The molecule has 30 heavy (non-hydrogen) atoms. The lowest BCUT2D eigenvalue weighted by Crippen LogP contribution is -2.41. The van der Waals surface area contributed by atoms with Crippen LogP contribution in [-0.4, -0.2) is 39.9 Å². The van der Waals surface area contributed by atoms with Gasteiger partial charge in [-0.3, -0.25) is 9.59 Å². The Morgan fingerprint density at radius 1 is 1.13 bits per heavy atom. The van der Waals surface area contributed by atoms with Crippen molar-refractivity contribution in [1.29, 1.82) is 0 Å². The monoisotopic (exact) mass is 441 g/mol. The molecule has 1 fully saturated rings. The maximum atomic E-state index is 12.8. The number of carbonyl (C=O) groups is 2. The van der Waals surface area contributed by atoms with E-state index in [0.29, 0.717) is 42.3 Å². The number of likely N-dealkylation sites (tertiary alicyclic amines) is 1. The lowest BCUT2D eigenvalue weighted by atomic mass is 9.95. The van der Waals surface area contributed by atoms with E-state index in [4.69, 9.17) is 11.6 Å². The second kappa shape index (κ2) is 8.85. The van der Waals surface area contributed by atoms with Gasteiger partial charge in [0.25, 0.3) is 5.91 Å². The number of aromatic nitrogens is 1. The van der Waals surface area contributed by atoms with Gasteiger partial charge in [-0.15, -0.1) is 11.3 Å². The highest BCUT2D eigenvalue weighted by Gasteiger charge is 2.29. The van der Waals surface area contributed by atoms with Crippen molar-refractivity contribution < 1.29 is 14.7 Å². The number of hydrogen-bond donors (Lipinski definition) is 2. The number of aromatic hydroxyl groups is 1. The van der Waals surface area contributed by atoms with Crippen molar-refractivity contribution >= 4 is 40.4 Å². The highest BCUT2D eigenvalue weighted by molar-refractivity contribution is 7.13. The van der Waals surface area contributed by atoms with E-state index in [2.05, 4.69) is 10.3 Å². The molecule has 154 valence electrons. The Bertz CT molecular complexity index is 1080. The summed E-state index contributed by atoms with van der Waals surface area (Å²) >= 11 is 7.45. The van der Waals surface area contributed by atoms with Crippen LogP contribution in [0.2, 0.25) is 5.02 Å². The number of para-hydroxylation sites is 2. The van der Waals surface area contributed by atoms with Gasteiger partial charge in [0.05, 0.1) is 5.69 Å². The molecule has 0 bridgehead atoms. The summed E-state index contributed by atoms with van der Waals surface area (Å²) < 4.78 is 0. The van der Waals surface area contributed by atoms with E-state index in [-0.39, 0.29) is 23.5 Å². The number of phenols is 1. The van der Waals surface area contributed by atoms with Crippen molar-refractivity contribution in [3.8, 4) is 16.3 Å². The highest BCUT2D eigenvalue weighted by Crippen LogP contribution is 2.28. The average Bonchev–Trinajstić information content (AvgIpc) is 3.25. The first-order valence-electron chi connectivity index (χ1n) is 9.61. The molecule has 1 saturated heterocycles. The lowest BCUT2D eigenvalue weighted by molar-refractivity contribution is -0.121. The van der Waals surface area contributed by atoms with Crippen LogP contribution in [0.1, 0.15) is 23.3 Å². The van der Waals surface area contributed by atoms with Gasteiger partial charge in [-0.1, -0.05) is 35.9 Å². The normalized spacial score (nSPS) is 14.5. The third-order valence-electron chi connectivity index (χ3n) is 5.11. The molecule has 1 aliphatic heterocycles. The Labute approximate surface area is 183 Å². The molecule has 6 nitrogen and oxygen atoms in total. The zero-order valence-corrected chi connectivity index (χ0v) is 17.6. The third kappa shape index (κ3) is 4.47. The van der Waals surface area contributed by atoms with Gasteiger partial charge in [0, 0.05) is 35.0 Å². The van der Waals surface area contributed by atoms with Crippen LogP contribution in [0, 0.1) is 5.92 Å². The number of halogens is 1. The van der Waals surface area contributed by atoms with Crippen LogP contribution in [-0.2, 0) is 4.79 Å². The Morgan fingerprint density at radius 3 is 2.63 bits per heavy atom. The highest BCUT2D eigenvalue weighted by atomic mass is 35.5. The summed E-state index contributed by atoms with van der Waals surface area (Å²) in [6.45, 7) is 0.976. The number of rotatable bonds is 4. The lowest BCUT2D eigenvalue weighted by Gasteiger charge is -2.31. The van der Waals surface area contributed by atoms with Gasteiger partial charge in [-0.05, 0) is 37.1 Å². The molecule has 8 heteroatoms. The van der Waals surface area contributed by atoms with Crippen LogP contribution in [0.15, 0.2) is 53.9 Å². The minimum Gasteiger partial charge on any atom is -0.506 e. The summed E-state index contributed by atoms with van der Waals surface area (Å²) in [6, 6.07) is 14.0. The first kappa shape index (κ1) is 20.4. The van der Waals surface area contributed by atoms with Gasteiger partial charge < -0.3 is 15.3 Å². The minimum absolute atomic E-state index is 0.0394. The number of hydrogen-bond acceptors (Lipinski definition) is 5. The number of amides is 2. The number of thiazole rings is 1. The van der Waals surface area contributed by atoms with E-state index >= 15 is 0 Å². The van der Waals surface area contributed by atoms with E-state index in [1.54, 1.807) is 34.5 Å². The molecule has 1 aromatic heterocycles. The SMILES string of the molecule is O=C(Nc1ccccc1O)C1CCN(C(=O)c2csc(-c3cccc(Cl)c3)n2)CC1. The zero-order valence-electron chi connectivity index (χ0n) is 16.0. The maximum Gasteiger partial charge on any atom is 0.273 e. The van der Waals surface area contributed by atoms with E-state index in [0.717, 1.165) is 10.6 Å². The van der Waals surface area contributed by atoms with Gasteiger partial charge in [0.1, 0.15) is 16.5 Å². The second-order valence-electron chi connectivity index (χ2n) is 7.12. The Morgan fingerprint density at radius 2 is 1.90 bits per heavy atom. The molecule has 2 heterocycles. The predicted octanol–water partition coefficient (Wildman–Crippen LogP) is 4.66. The molecule has 0 radical (unpaired) electrons. The van der Waals surface area contributed by atoms with Gasteiger partial charge in [0.15, 0.2) is 0 Å². The summed E-state index contributed by atoms with van der Waals surface area (Å²) in [5.41, 5.74) is 1.69. The largest absolute Gasteiger partial charge is 0.506 e. The van der Waals surface area contributed by atoms with Crippen LogP contribution in [0.4, 0.5) is 5.69 Å². The summed E-state index contributed by atoms with van der Waals surface area (Å²) in [5.74, 6) is -0.428. The molecular weight excluding hydrogens is 422 g/mol. The molecule has 4 rings (SSSR count). The van der Waals surface area contributed by atoms with Crippen LogP contribution in [0.5, 0.6) is 5.75 Å². The van der Waals surface area contributed by atoms with E-state index in [1.807, 2.05) is 18.2 Å². The molecule has 0 aliphatic carbocycles. The van der Waals surface area contributed by atoms with Gasteiger partial charge >= 0.3 is 0 Å². The van der Waals surface area contributed by atoms with Crippen molar-refractivity contribution in [2.45, 2.75) is 12.8 Å². The maximum absolute atomic E-state index is 12.8. The van der Waals surface area contributed by atoms with E-state index < -0.39 is 0 Å². The van der Waals surface area contributed by atoms with Gasteiger partial charge in [0.2, 0.25) is 5.91 Å². The van der Waals surface area contributed by atoms with Crippen LogP contribution in [0.3, 0.4) is 0 Å². The molecule has 0 spiro atoms. The molecule has 1 aliphatic rings. The van der Waals surface area contributed by atoms with E-state index in [1.165, 1.54) is 17.4 Å². The molecule has 2 aromatic carbocycles. The third-order valence-corrected chi connectivity index (χ3v) is 6.24. The number of nitrogens with zero attached hydrogens (tertiary/aromatic N) is 2. The number of phenolic OH excluding ortho intramolecular Hbond substituents is 1. The fourth-order valence-corrected chi connectivity index (χ4v) is 4.43. The fraction of sp³-hybridized carbons (Fsp3) is 0.227. The molecule has 0 atom stereocenters. The summed E-state index contributed by atoms with van der Waals surface area (Å²) in [4.78, 5) is 31.6. The van der Waals surface area contributed by atoms with Crippen molar-refractivity contribution in [1.82, 2.24) is 9.88 Å². The Hall–Kier alpha value is -2.90. The number of anilines is 1. The number of nitrogens with one attached hydrogen (secondary N) is 1. The van der Waals surface area contributed by atoms with Crippen LogP contribution < -0.4 is 5.32 Å². The number of piperidine rings is 1. The predicted molar refractivity (Wildman–Crippen MR) is 118 cm³/mol. The second-order valence-corrected chi connectivity index (χ2v) is 8.42. The topological polar surface area (TPSA) is 82.5 Å². The molecule has 0 unspecified atom stereocenters. The molecule has 3 aromatic rings. The van der Waals surface area contributed by atoms with Crippen LogP contribution in [0.25, 0.3) is 10.6 Å². The number of carbonyl (C=O) groups excluding carboxylic acids is 2. The first-order valence-corrected chi connectivity index (χ1v) is 10.9. The van der Waals surface area contributed by atoms with Crippen molar-refractivity contribution in [3.63, 3.8) is 0 Å². The number of benzene rings is 2. The molecule has 2 amide bonds. The minimum atomic E-state index is -0.203. The van der Waals surface area contributed by atoms with Crippen molar-refractivity contribution in [3.05, 3.63) is 64.6 Å². The van der Waals surface area contributed by atoms with Crippen molar-refractivity contribution in [2.75, 3.05) is 18.4 Å². The first-order chi connectivity index (χ1) is 14.5. The summed E-state index contributed by atoms with van der Waals surface area (Å²) in [5, 5.41) is 15.7. The zero-order chi connectivity index (χ0) is 21.1. The van der Waals surface area contributed by atoms with Gasteiger partial charge in [-0.25, -0.2) is 4.98 Å². The van der Waals surface area contributed by atoms with Crippen LogP contribution >= 0.6 is 22.9 Å². The smallest absolute Gasteiger partial charge is 0.273 e. The van der Waals surface area contributed by atoms with Crippen molar-refractivity contribution in [2.24, 2.45) is 5.92 Å². The Balaban J connectivity index is 1.35. The van der Waals surface area contributed by atoms with E-state index in [9.17, 15) is 14.7 Å². The summed E-state index contributed by atoms with van der Waals surface area (Å²) in [7, 11) is 0. The summed E-state index contributed by atoms with van der Waals surface area (Å²) in [6.07, 6.45) is 1.13. The Kier molecular flexibility index (Phi) is 6.01. The fourth-order valence-electron chi connectivity index (χ4n) is 3.45. The molecule has 2 N–H and O–H groups in total.